The lowest BCUT2D eigenvalue weighted by atomic mass is 9.85. The molecular formula is C23H33BrN2O8S. The molecule has 1 aromatic rings. The normalized spacial score (nSPS) is 19.7. The van der Waals surface area contributed by atoms with Gasteiger partial charge in [0.1, 0.15) is 17.7 Å². The lowest BCUT2D eigenvalue weighted by Gasteiger charge is -2.35. The van der Waals surface area contributed by atoms with E-state index in [4.69, 9.17) is 13.7 Å². The van der Waals surface area contributed by atoms with Crippen LogP contribution in [-0.4, -0.2) is 68.7 Å². The van der Waals surface area contributed by atoms with Gasteiger partial charge in [0.2, 0.25) is 5.91 Å². The van der Waals surface area contributed by atoms with Crippen molar-refractivity contribution < 1.29 is 36.5 Å². The van der Waals surface area contributed by atoms with Gasteiger partial charge in [0, 0.05) is 17.4 Å². The summed E-state index contributed by atoms with van der Waals surface area (Å²) < 4.78 is 41.8. The minimum absolute atomic E-state index is 0.0562. The summed E-state index contributed by atoms with van der Waals surface area (Å²) in [6.45, 7) is 10.2. The molecule has 1 aliphatic rings. The maximum atomic E-state index is 13.6. The molecule has 10 nitrogen and oxygen atoms in total. The maximum absolute atomic E-state index is 13.6. The van der Waals surface area contributed by atoms with Gasteiger partial charge in [0.05, 0.1) is 18.1 Å². The summed E-state index contributed by atoms with van der Waals surface area (Å²) in [6, 6.07) is 3.75. The van der Waals surface area contributed by atoms with Gasteiger partial charge >= 0.3 is 12.1 Å². The lowest BCUT2D eigenvalue weighted by Crippen LogP contribution is -2.57. The molecule has 35 heavy (non-hydrogen) atoms. The van der Waals surface area contributed by atoms with Crippen molar-refractivity contribution in [2.24, 2.45) is 5.41 Å². The molecule has 2 amide bonds. The summed E-state index contributed by atoms with van der Waals surface area (Å²) in [7, 11) is -2.98. The van der Waals surface area contributed by atoms with E-state index >= 15 is 0 Å². The Kier molecular flexibility index (Phi) is 8.99. The lowest BCUT2D eigenvalue weighted by molar-refractivity contribution is -0.152. The third kappa shape index (κ3) is 7.91. The first-order chi connectivity index (χ1) is 15.9. The number of carbonyl (C=O) groups is 3. The quantitative estimate of drug-likeness (QED) is 0.403. The Morgan fingerprint density at radius 1 is 1.09 bits per heavy atom. The van der Waals surface area contributed by atoms with E-state index in [1.807, 2.05) is 0 Å². The van der Waals surface area contributed by atoms with Crippen LogP contribution in [0.5, 0.6) is 0 Å². The zero-order chi connectivity index (χ0) is 26.8. The molecular weight excluding hydrogens is 544 g/mol. The average Bonchev–Trinajstić information content (AvgIpc) is 3.12. The maximum Gasteiger partial charge on any atom is 0.408 e. The van der Waals surface area contributed by atoms with Gasteiger partial charge in [-0.3, -0.25) is 8.98 Å². The highest BCUT2D eigenvalue weighted by atomic mass is 79.9. The van der Waals surface area contributed by atoms with E-state index in [0.717, 1.165) is 0 Å². The SMILES string of the molecule is COC(=O)C1CC(OS(=O)(=O)c2ccc(Br)cc2)CN1C(=O)C(NC(=O)OC(C)(C)C)C(C)(C)C. The van der Waals surface area contributed by atoms with E-state index in [1.165, 1.54) is 24.1 Å². The second kappa shape index (κ2) is 10.8. The molecule has 3 atom stereocenters. The van der Waals surface area contributed by atoms with Gasteiger partial charge in [0.15, 0.2) is 0 Å². The average molecular weight is 577 g/mol. The van der Waals surface area contributed by atoms with Crippen LogP contribution in [0.2, 0.25) is 0 Å². The molecule has 0 radical (unpaired) electrons. The van der Waals surface area contributed by atoms with Crippen molar-refractivity contribution in [3.8, 4) is 0 Å². The number of ether oxygens (including phenoxy) is 2. The van der Waals surface area contributed by atoms with Crippen molar-refractivity contribution in [1.82, 2.24) is 10.2 Å². The number of likely N-dealkylation sites (tertiary alicyclic amines) is 1. The molecule has 2 rings (SSSR count). The Balaban J connectivity index is 2.29. The highest BCUT2D eigenvalue weighted by Gasteiger charge is 2.47. The minimum atomic E-state index is -4.15. The predicted octanol–water partition coefficient (Wildman–Crippen LogP) is 3.24. The molecule has 0 spiro atoms. The Bertz CT molecular complexity index is 1040. The first-order valence-electron chi connectivity index (χ1n) is 11.0. The van der Waals surface area contributed by atoms with Gasteiger partial charge in [-0.25, -0.2) is 9.59 Å². The highest BCUT2D eigenvalue weighted by Crippen LogP contribution is 2.30. The summed E-state index contributed by atoms with van der Waals surface area (Å²) in [6.07, 6.45) is -1.86. The second-order valence-electron chi connectivity index (χ2n) is 10.3. The Morgan fingerprint density at radius 2 is 1.66 bits per heavy atom. The minimum Gasteiger partial charge on any atom is -0.467 e. The van der Waals surface area contributed by atoms with Crippen LogP contribution in [0, 0.1) is 5.41 Å². The number of halogens is 1. The monoisotopic (exact) mass is 576 g/mol. The van der Waals surface area contributed by atoms with Crippen LogP contribution in [0.4, 0.5) is 4.79 Å². The van der Waals surface area contributed by atoms with E-state index in [2.05, 4.69) is 21.2 Å². The van der Waals surface area contributed by atoms with Crippen LogP contribution in [0.25, 0.3) is 0 Å². The summed E-state index contributed by atoms with van der Waals surface area (Å²) >= 11 is 3.25. The molecule has 1 N–H and O–H groups in total. The zero-order valence-electron chi connectivity index (χ0n) is 21.0. The number of hydrogen-bond donors (Lipinski definition) is 1. The molecule has 1 saturated heterocycles. The fraction of sp³-hybridized carbons (Fsp3) is 0.609. The van der Waals surface area contributed by atoms with Crippen molar-refractivity contribution in [2.45, 2.75) is 76.6 Å². The van der Waals surface area contributed by atoms with Crippen LogP contribution in [0.3, 0.4) is 0 Å². The van der Waals surface area contributed by atoms with E-state index < -0.39 is 57.3 Å². The number of esters is 1. The van der Waals surface area contributed by atoms with Gasteiger partial charge in [-0.1, -0.05) is 36.7 Å². The van der Waals surface area contributed by atoms with Gasteiger partial charge in [-0.15, -0.1) is 0 Å². The summed E-state index contributed by atoms with van der Waals surface area (Å²) in [5, 5.41) is 2.59. The summed E-state index contributed by atoms with van der Waals surface area (Å²) in [5.41, 5.74) is -1.53. The summed E-state index contributed by atoms with van der Waals surface area (Å²) in [5.74, 6) is -1.29. The number of carbonyl (C=O) groups excluding carboxylic acids is 3. The molecule has 12 heteroatoms. The number of benzene rings is 1. The smallest absolute Gasteiger partial charge is 0.408 e. The molecule has 0 aliphatic carbocycles. The molecule has 1 fully saturated rings. The predicted molar refractivity (Wildman–Crippen MR) is 131 cm³/mol. The molecule has 0 saturated carbocycles. The third-order valence-corrected chi connectivity index (χ3v) is 7.06. The number of amides is 2. The van der Waals surface area contributed by atoms with Crippen molar-refractivity contribution in [2.75, 3.05) is 13.7 Å². The van der Waals surface area contributed by atoms with E-state index in [1.54, 1.807) is 53.7 Å². The first kappa shape index (κ1) is 29.1. The highest BCUT2D eigenvalue weighted by molar-refractivity contribution is 9.10. The third-order valence-electron chi connectivity index (χ3n) is 5.16. The van der Waals surface area contributed by atoms with Crippen molar-refractivity contribution in [1.29, 1.82) is 0 Å². The van der Waals surface area contributed by atoms with Crippen molar-refractivity contribution in [3.63, 3.8) is 0 Å². The number of nitrogens with one attached hydrogen (secondary N) is 1. The fourth-order valence-corrected chi connectivity index (χ4v) is 4.89. The molecule has 3 unspecified atom stereocenters. The topological polar surface area (TPSA) is 128 Å². The Hall–Kier alpha value is -2.18. The number of alkyl carbamates (subject to hydrolysis) is 1. The van der Waals surface area contributed by atoms with E-state index in [-0.39, 0.29) is 17.9 Å². The van der Waals surface area contributed by atoms with E-state index in [9.17, 15) is 22.8 Å². The van der Waals surface area contributed by atoms with Crippen LogP contribution >= 0.6 is 15.9 Å². The number of nitrogens with zero attached hydrogens (tertiary/aromatic N) is 1. The van der Waals surface area contributed by atoms with Gasteiger partial charge < -0.3 is 19.7 Å². The molecule has 0 bridgehead atoms. The largest absolute Gasteiger partial charge is 0.467 e. The van der Waals surface area contributed by atoms with Crippen molar-refractivity contribution in [3.05, 3.63) is 28.7 Å². The summed E-state index contributed by atoms with van der Waals surface area (Å²) in [4.78, 5) is 39.6. The van der Waals surface area contributed by atoms with Gasteiger partial charge in [-0.05, 0) is 50.5 Å². The molecule has 1 heterocycles. The van der Waals surface area contributed by atoms with Gasteiger partial charge in [0.25, 0.3) is 10.1 Å². The van der Waals surface area contributed by atoms with Crippen LogP contribution < -0.4 is 5.32 Å². The fourth-order valence-electron chi connectivity index (χ4n) is 3.55. The Morgan fingerprint density at radius 3 is 2.14 bits per heavy atom. The van der Waals surface area contributed by atoms with Crippen LogP contribution in [-0.2, 0) is 33.4 Å². The molecule has 196 valence electrons. The Labute approximate surface area is 214 Å². The number of rotatable bonds is 6. The number of methoxy groups -OCH3 is 1. The first-order valence-corrected chi connectivity index (χ1v) is 13.2. The molecule has 0 aromatic heterocycles. The van der Waals surface area contributed by atoms with E-state index in [0.29, 0.717) is 4.47 Å². The van der Waals surface area contributed by atoms with Crippen molar-refractivity contribution >= 4 is 44.0 Å². The second-order valence-corrected chi connectivity index (χ2v) is 12.8. The van der Waals surface area contributed by atoms with Crippen LogP contribution in [0.1, 0.15) is 48.0 Å². The molecule has 1 aliphatic heterocycles. The molecule has 1 aromatic carbocycles. The standard InChI is InChI=1S/C23H33BrN2O8S/c1-22(2,3)18(25-21(29)33-23(4,5)6)19(27)26-13-15(12-17(26)20(28)32-7)34-35(30,31)16-10-8-14(24)9-11-16/h8-11,15,17-18H,12-13H2,1-7H3,(H,25,29). The zero-order valence-corrected chi connectivity index (χ0v) is 23.4. The van der Waals surface area contributed by atoms with Gasteiger partial charge in [-0.2, -0.15) is 8.42 Å². The van der Waals surface area contributed by atoms with Crippen LogP contribution in [0.15, 0.2) is 33.6 Å². The number of hydrogen-bond acceptors (Lipinski definition) is 8.